The van der Waals surface area contributed by atoms with Gasteiger partial charge in [-0.3, -0.25) is 0 Å². The lowest BCUT2D eigenvalue weighted by molar-refractivity contribution is 0.426. The molecule has 0 aliphatic heterocycles. The molecule has 1 heterocycles. The Kier molecular flexibility index (Phi) is 3.08. The SMILES string of the molecule is Clc1cc(-c2nc(Br)no2)ccc1I. The number of halogens is 3. The fraction of sp³-hybridized carbons (Fsp3) is 0. The van der Waals surface area contributed by atoms with Gasteiger partial charge in [-0.05, 0) is 61.9 Å². The molecule has 72 valence electrons. The van der Waals surface area contributed by atoms with E-state index in [0.29, 0.717) is 15.6 Å². The average molecular weight is 385 g/mol. The van der Waals surface area contributed by atoms with Crippen LogP contribution in [0.25, 0.3) is 11.5 Å². The summed E-state index contributed by atoms with van der Waals surface area (Å²) in [6.45, 7) is 0. The number of benzene rings is 1. The average Bonchev–Trinajstić information content (AvgIpc) is 2.57. The summed E-state index contributed by atoms with van der Waals surface area (Å²) in [4.78, 5) is 4.03. The van der Waals surface area contributed by atoms with Crippen LogP contribution in [-0.2, 0) is 0 Å². The minimum absolute atomic E-state index is 0.433. The van der Waals surface area contributed by atoms with Crippen molar-refractivity contribution in [2.45, 2.75) is 0 Å². The summed E-state index contributed by atoms with van der Waals surface area (Å²) in [6, 6.07) is 5.58. The molecule has 1 aromatic heterocycles. The van der Waals surface area contributed by atoms with E-state index in [1.165, 1.54) is 0 Å². The molecular formula is C8H3BrClIN2O. The molecule has 0 unspecified atom stereocenters. The van der Waals surface area contributed by atoms with Gasteiger partial charge in [0.05, 0.1) is 5.02 Å². The van der Waals surface area contributed by atoms with Gasteiger partial charge in [0.1, 0.15) is 0 Å². The van der Waals surface area contributed by atoms with E-state index >= 15 is 0 Å². The van der Waals surface area contributed by atoms with Crippen LogP contribution in [0.2, 0.25) is 5.02 Å². The molecule has 6 heteroatoms. The van der Waals surface area contributed by atoms with Crippen LogP contribution in [0.15, 0.2) is 27.5 Å². The molecule has 2 rings (SSSR count). The third-order valence-corrected chi connectivity index (χ3v) is 3.46. The van der Waals surface area contributed by atoms with Gasteiger partial charge in [0.2, 0.25) is 4.73 Å². The lowest BCUT2D eigenvalue weighted by Gasteiger charge is -1.97. The Labute approximate surface area is 107 Å². The molecule has 0 aliphatic rings. The number of aromatic nitrogens is 2. The highest BCUT2D eigenvalue weighted by molar-refractivity contribution is 14.1. The Morgan fingerprint density at radius 3 is 2.79 bits per heavy atom. The van der Waals surface area contributed by atoms with Crippen molar-refractivity contribution in [2.24, 2.45) is 0 Å². The number of hydrogen-bond acceptors (Lipinski definition) is 3. The molecule has 0 fully saturated rings. The molecule has 0 spiro atoms. The summed E-state index contributed by atoms with van der Waals surface area (Å²) < 4.78 is 6.40. The topological polar surface area (TPSA) is 38.9 Å². The standard InChI is InChI=1S/C8H3BrClIN2O/c9-8-12-7(14-13-8)4-1-2-6(11)5(10)3-4/h1-3H. The summed E-state index contributed by atoms with van der Waals surface area (Å²) in [5.74, 6) is 0.454. The third kappa shape index (κ3) is 2.09. The molecule has 0 amide bonds. The first-order valence-electron chi connectivity index (χ1n) is 3.61. The highest BCUT2D eigenvalue weighted by Gasteiger charge is 2.08. The van der Waals surface area contributed by atoms with Crippen molar-refractivity contribution >= 4 is 50.1 Å². The summed E-state index contributed by atoms with van der Waals surface area (Å²) in [5, 5.41) is 4.31. The Hall–Kier alpha value is -0.140. The first kappa shape index (κ1) is 10.4. The van der Waals surface area contributed by atoms with Gasteiger partial charge in [-0.2, -0.15) is 4.98 Å². The van der Waals surface area contributed by atoms with Gasteiger partial charge in [0.25, 0.3) is 5.89 Å². The maximum Gasteiger partial charge on any atom is 0.258 e. The number of rotatable bonds is 1. The van der Waals surface area contributed by atoms with Crippen molar-refractivity contribution in [3.05, 3.63) is 31.5 Å². The van der Waals surface area contributed by atoms with Crippen LogP contribution in [0.4, 0.5) is 0 Å². The van der Waals surface area contributed by atoms with Crippen LogP contribution >= 0.6 is 50.1 Å². The molecule has 2 aromatic rings. The van der Waals surface area contributed by atoms with Gasteiger partial charge >= 0.3 is 0 Å². The molecule has 0 saturated heterocycles. The van der Waals surface area contributed by atoms with Crippen LogP contribution in [-0.4, -0.2) is 10.1 Å². The lowest BCUT2D eigenvalue weighted by Crippen LogP contribution is -1.79. The summed E-state index contributed by atoms with van der Waals surface area (Å²) in [6.07, 6.45) is 0. The van der Waals surface area contributed by atoms with Gasteiger partial charge < -0.3 is 4.52 Å². The second kappa shape index (κ2) is 4.16. The first-order chi connectivity index (χ1) is 6.66. The van der Waals surface area contributed by atoms with Crippen LogP contribution < -0.4 is 0 Å². The molecule has 0 atom stereocenters. The van der Waals surface area contributed by atoms with Crippen molar-refractivity contribution < 1.29 is 4.52 Å². The molecule has 3 nitrogen and oxygen atoms in total. The molecule has 0 radical (unpaired) electrons. The van der Waals surface area contributed by atoms with E-state index in [0.717, 1.165) is 9.13 Å². The van der Waals surface area contributed by atoms with E-state index in [9.17, 15) is 0 Å². The van der Waals surface area contributed by atoms with E-state index in [-0.39, 0.29) is 0 Å². The van der Waals surface area contributed by atoms with Gasteiger partial charge in [-0.25, -0.2) is 0 Å². The fourth-order valence-electron chi connectivity index (χ4n) is 0.952. The molecule has 0 bridgehead atoms. The minimum Gasteiger partial charge on any atom is -0.333 e. The van der Waals surface area contributed by atoms with Gasteiger partial charge in [-0.1, -0.05) is 11.6 Å². The second-order valence-electron chi connectivity index (χ2n) is 2.50. The van der Waals surface area contributed by atoms with Crippen LogP contribution in [0.1, 0.15) is 0 Å². The predicted molar refractivity (Wildman–Crippen MR) is 65.2 cm³/mol. The van der Waals surface area contributed by atoms with E-state index in [2.05, 4.69) is 48.7 Å². The van der Waals surface area contributed by atoms with Gasteiger partial charge in [0.15, 0.2) is 0 Å². The molecule has 1 aromatic carbocycles. The second-order valence-corrected chi connectivity index (χ2v) is 4.78. The molecule has 0 saturated carbocycles. The quantitative estimate of drug-likeness (QED) is 0.702. The maximum atomic E-state index is 5.96. The predicted octanol–water partition coefficient (Wildman–Crippen LogP) is 3.76. The zero-order valence-corrected chi connectivity index (χ0v) is 11.2. The zero-order valence-electron chi connectivity index (χ0n) is 6.67. The van der Waals surface area contributed by atoms with Crippen molar-refractivity contribution in [1.29, 1.82) is 0 Å². The highest BCUT2D eigenvalue weighted by Crippen LogP contribution is 2.25. The summed E-state index contributed by atoms with van der Waals surface area (Å²) in [7, 11) is 0. The monoisotopic (exact) mass is 384 g/mol. The van der Waals surface area contributed by atoms with Crippen LogP contribution in [0, 0.1) is 3.57 Å². The van der Waals surface area contributed by atoms with Crippen molar-refractivity contribution in [2.75, 3.05) is 0 Å². The summed E-state index contributed by atoms with van der Waals surface area (Å²) >= 11 is 11.2. The van der Waals surface area contributed by atoms with E-state index in [1.54, 1.807) is 6.07 Å². The Bertz CT molecular complexity index is 474. The first-order valence-corrected chi connectivity index (χ1v) is 5.86. The van der Waals surface area contributed by atoms with Crippen molar-refractivity contribution in [3.8, 4) is 11.5 Å². The normalized spacial score (nSPS) is 10.5. The maximum absolute atomic E-state index is 5.96. The summed E-state index contributed by atoms with van der Waals surface area (Å²) in [5.41, 5.74) is 0.814. The molecule has 14 heavy (non-hydrogen) atoms. The van der Waals surface area contributed by atoms with E-state index in [1.807, 2.05) is 12.1 Å². The minimum atomic E-state index is 0.433. The molecular weight excluding hydrogens is 382 g/mol. The van der Waals surface area contributed by atoms with E-state index < -0.39 is 0 Å². The molecule has 0 aliphatic carbocycles. The Morgan fingerprint density at radius 1 is 1.43 bits per heavy atom. The third-order valence-electron chi connectivity index (χ3n) is 1.57. The van der Waals surface area contributed by atoms with Gasteiger partial charge in [-0.15, -0.1) is 0 Å². The van der Waals surface area contributed by atoms with E-state index in [4.69, 9.17) is 16.1 Å². The number of hydrogen-bond donors (Lipinski definition) is 0. The zero-order chi connectivity index (χ0) is 10.1. The number of nitrogens with zero attached hydrogens (tertiary/aromatic N) is 2. The van der Waals surface area contributed by atoms with Crippen LogP contribution in [0.5, 0.6) is 0 Å². The Balaban J connectivity index is 2.47. The molecule has 0 N–H and O–H groups in total. The van der Waals surface area contributed by atoms with Crippen LogP contribution in [0.3, 0.4) is 0 Å². The highest BCUT2D eigenvalue weighted by atomic mass is 127. The largest absolute Gasteiger partial charge is 0.333 e. The smallest absolute Gasteiger partial charge is 0.258 e. The Morgan fingerprint density at radius 2 is 2.21 bits per heavy atom. The van der Waals surface area contributed by atoms with Gasteiger partial charge in [0, 0.05) is 9.13 Å². The lowest BCUT2D eigenvalue weighted by atomic mass is 10.2. The van der Waals surface area contributed by atoms with Crippen molar-refractivity contribution in [1.82, 2.24) is 10.1 Å². The fourth-order valence-corrected chi connectivity index (χ4v) is 1.70. The van der Waals surface area contributed by atoms with Crippen molar-refractivity contribution in [3.63, 3.8) is 0 Å².